The Balaban J connectivity index is 1.13. The van der Waals surface area contributed by atoms with E-state index in [9.17, 15) is 0 Å². The third kappa shape index (κ3) is 4.67. The lowest BCUT2D eigenvalue weighted by molar-refractivity contribution is 0.723. The summed E-state index contributed by atoms with van der Waals surface area (Å²) in [4.78, 5) is 18.0. The van der Waals surface area contributed by atoms with Crippen LogP contribution in [0.15, 0.2) is 198 Å². The summed E-state index contributed by atoms with van der Waals surface area (Å²) in [5.74, 6) is 1.94. The van der Waals surface area contributed by atoms with Crippen molar-refractivity contribution >= 4 is 22.5 Å². The van der Waals surface area contributed by atoms with Gasteiger partial charge in [-0.3, -0.25) is 0 Å². The van der Waals surface area contributed by atoms with Crippen molar-refractivity contribution in [3.63, 3.8) is 0 Å². The normalized spacial score (nSPS) is 13.3. The molecular weight excluding hydrogens is 675 g/mol. The molecule has 2 heterocycles. The standard InChI is InChI=1S/C50H31N3S/c1-2-15-33(16-3-1)47-51-48(36-27-26-32-14-4-5-17-34(32)30-36)53-49(52-47)40-21-7-6-18-37(40)35-28-29-46-44(31-35)50(43-24-12-13-25-45(43)54-46)41-22-10-8-19-38(41)39-20-9-11-23-42(39)50/h1-31H. The molecule has 1 aliphatic carbocycles. The highest BCUT2D eigenvalue weighted by molar-refractivity contribution is 7.99. The van der Waals surface area contributed by atoms with Crippen LogP contribution in [0.3, 0.4) is 0 Å². The second-order valence-corrected chi connectivity index (χ2v) is 15.0. The zero-order valence-electron chi connectivity index (χ0n) is 29.1. The molecule has 8 aromatic carbocycles. The second-order valence-electron chi connectivity index (χ2n) is 13.9. The predicted octanol–water partition coefficient (Wildman–Crippen LogP) is 12.5. The van der Waals surface area contributed by atoms with E-state index in [1.165, 1.54) is 48.6 Å². The Labute approximate surface area is 318 Å². The lowest BCUT2D eigenvalue weighted by Crippen LogP contribution is -2.32. The van der Waals surface area contributed by atoms with Crippen molar-refractivity contribution in [2.45, 2.75) is 15.2 Å². The number of aromatic nitrogens is 3. The summed E-state index contributed by atoms with van der Waals surface area (Å²) in [6, 6.07) is 67.4. The van der Waals surface area contributed by atoms with E-state index in [1.807, 2.05) is 30.0 Å². The molecule has 3 nitrogen and oxygen atoms in total. The molecule has 0 bridgehead atoms. The van der Waals surface area contributed by atoms with Crippen LogP contribution in [0.2, 0.25) is 0 Å². The molecule has 2 aliphatic rings. The minimum atomic E-state index is -0.452. The first kappa shape index (κ1) is 31.0. The van der Waals surface area contributed by atoms with Crippen LogP contribution < -0.4 is 0 Å². The first-order valence-corrected chi connectivity index (χ1v) is 19.1. The van der Waals surface area contributed by atoms with E-state index < -0.39 is 5.41 Å². The van der Waals surface area contributed by atoms with Gasteiger partial charge >= 0.3 is 0 Å². The molecule has 0 saturated carbocycles. The first-order valence-electron chi connectivity index (χ1n) is 18.3. The summed E-state index contributed by atoms with van der Waals surface area (Å²) in [6.45, 7) is 0. The number of fused-ring (bicyclic) bond motifs is 10. The van der Waals surface area contributed by atoms with Crippen molar-refractivity contribution in [3.8, 4) is 56.4 Å². The number of nitrogens with zero attached hydrogens (tertiary/aromatic N) is 3. The molecule has 9 aromatic rings. The van der Waals surface area contributed by atoms with Gasteiger partial charge in [-0.1, -0.05) is 176 Å². The first-order chi connectivity index (χ1) is 26.8. The highest BCUT2D eigenvalue weighted by Crippen LogP contribution is 2.62. The highest BCUT2D eigenvalue weighted by atomic mass is 32.2. The molecule has 1 spiro atoms. The quantitative estimate of drug-likeness (QED) is 0.183. The van der Waals surface area contributed by atoms with Crippen molar-refractivity contribution in [3.05, 3.63) is 210 Å². The molecule has 11 rings (SSSR count). The third-order valence-corrected chi connectivity index (χ3v) is 12.2. The largest absolute Gasteiger partial charge is 0.208 e. The van der Waals surface area contributed by atoms with Gasteiger partial charge < -0.3 is 0 Å². The summed E-state index contributed by atoms with van der Waals surface area (Å²) < 4.78 is 0. The second kappa shape index (κ2) is 12.2. The number of rotatable bonds is 4. The Morgan fingerprint density at radius 2 is 0.852 bits per heavy atom. The van der Waals surface area contributed by atoms with Gasteiger partial charge in [0.25, 0.3) is 0 Å². The molecule has 0 unspecified atom stereocenters. The molecule has 54 heavy (non-hydrogen) atoms. The van der Waals surface area contributed by atoms with Crippen LogP contribution in [0.1, 0.15) is 22.3 Å². The maximum Gasteiger partial charge on any atom is 0.164 e. The predicted molar refractivity (Wildman–Crippen MR) is 221 cm³/mol. The monoisotopic (exact) mass is 705 g/mol. The average Bonchev–Trinajstić information content (AvgIpc) is 3.54. The van der Waals surface area contributed by atoms with Crippen molar-refractivity contribution < 1.29 is 0 Å². The molecular formula is C50H31N3S. The zero-order valence-corrected chi connectivity index (χ0v) is 30.0. The van der Waals surface area contributed by atoms with E-state index >= 15 is 0 Å². The van der Waals surface area contributed by atoms with Crippen molar-refractivity contribution in [2.24, 2.45) is 0 Å². The molecule has 252 valence electrons. The van der Waals surface area contributed by atoms with Crippen LogP contribution >= 0.6 is 11.8 Å². The molecule has 1 aliphatic heterocycles. The fourth-order valence-electron chi connectivity index (χ4n) is 8.62. The number of hydrogen-bond acceptors (Lipinski definition) is 4. The SMILES string of the molecule is c1ccc(-c2nc(-c3ccc4ccccc4c3)nc(-c3ccccc3-c3ccc4c(c3)C3(c5ccccc5S4)c4ccccc4-c4ccccc43)n2)cc1. The molecule has 4 heteroatoms. The minimum absolute atomic E-state index is 0.452. The van der Waals surface area contributed by atoms with Gasteiger partial charge in [-0.05, 0) is 79.5 Å². The van der Waals surface area contributed by atoms with E-state index in [-0.39, 0.29) is 0 Å². The Morgan fingerprint density at radius 1 is 0.315 bits per heavy atom. The Morgan fingerprint density at radius 3 is 1.61 bits per heavy atom. The molecule has 0 radical (unpaired) electrons. The van der Waals surface area contributed by atoms with E-state index in [0.29, 0.717) is 17.5 Å². The van der Waals surface area contributed by atoms with Crippen molar-refractivity contribution in [2.75, 3.05) is 0 Å². The molecule has 0 atom stereocenters. The maximum atomic E-state index is 5.21. The van der Waals surface area contributed by atoms with Gasteiger partial charge in [0.2, 0.25) is 0 Å². The van der Waals surface area contributed by atoms with Gasteiger partial charge in [0.15, 0.2) is 17.5 Å². The Bertz CT molecular complexity index is 2890. The summed E-state index contributed by atoms with van der Waals surface area (Å²) in [6.07, 6.45) is 0. The summed E-state index contributed by atoms with van der Waals surface area (Å²) in [5, 5.41) is 2.33. The molecule has 1 aromatic heterocycles. The third-order valence-electron chi connectivity index (χ3n) is 11.0. The van der Waals surface area contributed by atoms with Crippen LogP contribution in [0.25, 0.3) is 67.2 Å². The zero-order chi connectivity index (χ0) is 35.6. The van der Waals surface area contributed by atoms with Crippen LogP contribution in [-0.4, -0.2) is 15.0 Å². The van der Waals surface area contributed by atoms with E-state index in [2.05, 4.69) is 170 Å². The smallest absolute Gasteiger partial charge is 0.164 e. The topological polar surface area (TPSA) is 38.7 Å². The molecule has 0 fully saturated rings. The van der Waals surface area contributed by atoms with Gasteiger partial charge in [-0.15, -0.1) is 0 Å². The maximum absolute atomic E-state index is 5.21. The lowest BCUT2D eigenvalue weighted by atomic mass is 9.67. The van der Waals surface area contributed by atoms with Gasteiger partial charge in [-0.25, -0.2) is 15.0 Å². The lowest BCUT2D eigenvalue weighted by Gasteiger charge is -2.40. The van der Waals surface area contributed by atoms with Crippen molar-refractivity contribution in [1.29, 1.82) is 0 Å². The average molecular weight is 706 g/mol. The Kier molecular flexibility index (Phi) is 7.01. The minimum Gasteiger partial charge on any atom is -0.208 e. The molecule has 0 saturated heterocycles. The fraction of sp³-hybridized carbons (Fsp3) is 0.0200. The van der Waals surface area contributed by atoms with Crippen LogP contribution in [-0.2, 0) is 5.41 Å². The molecule has 0 N–H and O–H groups in total. The van der Waals surface area contributed by atoms with E-state index in [0.717, 1.165) is 33.2 Å². The van der Waals surface area contributed by atoms with Crippen LogP contribution in [0.5, 0.6) is 0 Å². The van der Waals surface area contributed by atoms with Gasteiger partial charge in [0.05, 0.1) is 5.41 Å². The van der Waals surface area contributed by atoms with E-state index in [4.69, 9.17) is 15.0 Å². The van der Waals surface area contributed by atoms with Gasteiger partial charge in [-0.2, -0.15) is 0 Å². The van der Waals surface area contributed by atoms with Gasteiger partial charge in [0, 0.05) is 26.5 Å². The van der Waals surface area contributed by atoms with Crippen LogP contribution in [0.4, 0.5) is 0 Å². The fourth-order valence-corrected chi connectivity index (χ4v) is 9.80. The van der Waals surface area contributed by atoms with Crippen LogP contribution in [0, 0.1) is 0 Å². The summed E-state index contributed by atoms with van der Waals surface area (Å²) in [5.41, 5.74) is 12.5. The van der Waals surface area contributed by atoms with Gasteiger partial charge in [0.1, 0.15) is 0 Å². The Hall–Kier alpha value is -6.62. The summed E-state index contributed by atoms with van der Waals surface area (Å²) in [7, 11) is 0. The highest BCUT2D eigenvalue weighted by Gasteiger charge is 2.50. The van der Waals surface area contributed by atoms with E-state index in [1.54, 1.807) is 0 Å². The number of hydrogen-bond donors (Lipinski definition) is 0. The number of benzene rings is 8. The van der Waals surface area contributed by atoms with Crippen molar-refractivity contribution in [1.82, 2.24) is 15.0 Å². The summed E-state index contributed by atoms with van der Waals surface area (Å²) >= 11 is 1.86. The molecule has 0 amide bonds.